The topological polar surface area (TPSA) is 68.2 Å². The molecule has 1 atom stereocenters. The molecule has 6 nitrogen and oxygen atoms in total. The number of fused-ring (bicyclic) bond motifs is 1. The number of ether oxygens (including phenoxy) is 2. The van der Waals surface area contributed by atoms with Crippen molar-refractivity contribution < 1.29 is 19.1 Å². The third kappa shape index (κ3) is 5.76. The van der Waals surface area contributed by atoms with E-state index in [2.05, 4.69) is 5.10 Å². The number of alkyl halides is 3. The zero-order valence-electron chi connectivity index (χ0n) is 13.6. The van der Waals surface area contributed by atoms with Crippen molar-refractivity contribution in [1.82, 2.24) is 5.01 Å². The summed E-state index contributed by atoms with van der Waals surface area (Å²) < 4.78 is 8.42. The maximum absolute atomic E-state index is 12.3. The first-order valence-electron chi connectivity index (χ1n) is 7.52. The number of carbonyl (C=O) groups is 2. The van der Waals surface area contributed by atoms with E-state index in [4.69, 9.17) is 44.3 Å². The van der Waals surface area contributed by atoms with Gasteiger partial charge in [0.25, 0.3) is 0 Å². The van der Waals surface area contributed by atoms with E-state index in [0.29, 0.717) is 0 Å². The maximum atomic E-state index is 12.3. The van der Waals surface area contributed by atoms with Gasteiger partial charge in [0.1, 0.15) is 6.61 Å². The van der Waals surface area contributed by atoms with E-state index >= 15 is 0 Å². The van der Waals surface area contributed by atoms with Crippen LogP contribution in [0.3, 0.4) is 0 Å². The van der Waals surface area contributed by atoms with E-state index in [-0.39, 0.29) is 12.5 Å². The van der Waals surface area contributed by atoms with E-state index in [0.717, 1.165) is 16.1 Å². The van der Waals surface area contributed by atoms with Crippen LogP contribution in [0.2, 0.25) is 0 Å². The molecule has 1 amide bonds. The standard InChI is InChI=1S/C16H17Cl3N2O4/c1-10(2)25-14(22)7-13-12-6-4-3-5-11(12)8-20-21(13)15(23)24-9-16(17,18)19/h3-6,8,10,13H,7,9H2,1-2H3/t13-/m1/s1. The highest BCUT2D eigenvalue weighted by Gasteiger charge is 2.34. The van der Waals surface area contributed by atoms with Crippen LogP contribution in [0.25, 0.3) is 0 Å². The Labute approximate surface area is 160 Å². The zero-order chi connectivity index (χ0) is 18.6. The molecular weight excluding hydrogens is 391 g/mol. The Hall–Kier alpha value is -1.50. The van der Waals surface area contributed by atoms with Crippen LogP contribution in [0.5, 0.6) is 0 Å². The number of benzene rings is 1. The molecular formula is C16H17Cl3N2O4. The van der Waals surface area contributed by atoms with E-state index in [1.807, 2.05) is 24.3 Å². The summed E-state index contributed by atoms with van der Waals surface area (Å²) in [6.07, 6.45) is 0.352. The fourth-order valence-electron chi connectivity index (χ4n) is 2.32. The Kier molecular flexibility index (Phi) is 6.54. The molecule has 1 heterocycles. The molecule has 0 unspecified atom stereocenters. The van der Waals surface area contributed by atoms with Gasteiger partial charge in [-0.05, 0) is 25.0 Å². The van der Waals surface area contributed by atoms with Crippen LogP contribution in [-0.2, 0) is 14.3 Å². The van der Waals surface area contributed by atoms with E-state index < -0.39 is 28.5 Å². The number of amides is 1. The van der Waals surface area contributed by atoms with Gasteiger partial charge in [0.15, 0.2) is 0 Å². The average molecular weight is 408 g/mol. The summed E-state index contributed by atoms with van der Waals surface area (Å²) in [5.74, 6) is -0.453. The molecule has 0 aliphatic carbocycles. The molecule has 1 aromatic carbocycles. The van der Waals surface area contributed by atoms with Crippen molar-refractivity contribution in [3.8, 4) is 0 Å². The van der Waals surface area contributed by atoms with Crippen molar-refractivity contribution >= 4 is 53.1 Å². The van der Waals surface area contributed by atoms with Crippen LogP contribution in [0.15, 0.2) is 29.4 Å². The van der Waals surface area contributed by atoms with E-state index in [1.54, 1.807) is 13.8 Å². The summed E-state index contributed by atoms with van der Waals surface area (Å²) >= 11 is 16.8. The minimum atomic E-state index is -1.74. The van der Waals surface area contributed by atoms with Crippen molar-refractivity contribution in [2.45, 2.75) is 36.2 Å². The summed E-state index contributed by atoms with van der Waals surface area (Å²) in [5.41, 5.74) is 1.55. The van der Waals surface area contributed by atoms with Crippen molar-refractivity contribution in [3.05, 3.63) is 35.4 Å². The minimum Gasteiger partial charge on any atom is -0.463 e. The highest BCUT2D eigenvalue weighted by atomic mass is 35.6. The first-order chi connectivity index (χ1) is 11.7. The molecule has 0 fully saturated rings. The van der Waals surface area contributed by atoms with Crippen LogP contribution in [0, 0.1) is 0 Å². The molecule has 0 radical (unpaired) electrons. The Morgan fingerprint density at radius 3 is 2.60 bits per heavy atom. The number of carbonyl (C=O) groups excluding carboxylic acids is 2. The van der Waals surface area contributed by atoms with Gasteiger partial charge in [-0.3, -0.25) is 4.79 Å². The summed E-state index contributed by atoms with van der Waals surface area (Å²) in [6.45, 7) is 3.06. The molecule has 136 valence electrons. The smallest absolute Gasteiger partial charge is 0.431 e. The van der Waals surface area contributed by atoms with Gasteiger partial charge in [0.2, 0.25) is 3.79 Å². The molecule has 0 saturated heterocycles. The second-order valence-electron chi connectivity index (χ2n) is 5.65. The number of nitrogens with zero attached hydrogens (tertiary/aromatic N) is 2. The quantitative estimate of drug-likeness (QED) is 0.553. The van der Waals surface area contributed by atoms with Crippen LogP contribution in [0.1, 0.15) is 37.4 Å². The molecule has 0 spiro atoms. The Balaban J connectivity index is 2.22. The van der Waals surface area contributed by atoms with Gasteiger partial charge in [-0.2, -0.15) is 10.1 Å². The minimum absolute atomic E-state index is 0.0740. The highest BCUT2D eigenvalue weighted by Crippen LogP contribution is 2.32. The number of hydrogen-bond acceptors (Lipinski definition) is 5. The van der Waals surface area contributed by atoms with Crippen LogP contribution in [-0.4, -0.2) is 39.8 Å². The molecule has 0 bridgehead atoms. The molecule has 0 N–H and O–H groups in total. The van der Waals surface area contributed by atoms with Crippen LogP contribution >= 0.6 is 34.8 Å². The van der Waals surface area contributed by atoms with Gasteiger partial charge in [0, 0.05) is 0 Å². The lowest BCUT2D eigenvalue weighted by atomic mass is 9.97. The first-order valence-corrected chi connectivity index (χ1v) is 8.66. The summed E-state index contributed by atoms with van der Waals surface area (Å²) in [4.78, 5) is 24.4. The van der Waals surface area contributed by atoms with E-state index in [9.17, 15) is 9.59 Å². The van der Waals surface area contributed by atoms with Crippen molar-refractivity contribution in [2.24, 2.45) is 5.10 Å². The summed E-state index contributed by atoms with van der Waals surface area (Å²) in [7, 11) is 0. The molecule has 1 aliphatic rings. The highest BCUT2D eigenvalue weighted by molar-refractivity contribution is 6.67. The lowest BCUT2D eigenvalue weighted by Crippen LogP contribution is -2.37. The predicted molar refractivity (Wildman–Crippen MR) is 96.1 cm³/mol. The number of halogens is 3. The molecule has 0 aromatic heterocycles. The van der Waals surface area contributed by atoms with Gasteiger partial charge in [-0.15, -0.1) is 0 Å². The fraction of sp³-hybridized carbons (Fsp3) is 0.438. The second-order valence-corrected chi connectivity index (χ2v) is 8.16. The number of rotatable bonds is 4. The fourth-order valence-corrected chi connectivity index (χ4v) is 2.48. The lowest BCUT2D eigenvalue weighted by molar-refractivity contribution is -0.148. The molecule has 1 aromatic rings. The van der Waals surface area contributed by atoms with Crippen LogP contribution < -0.4 is 0 Å². The Bertz CT molecular complexity index is 674. The summed E-state index contributed by atoms with van der Waals surface area (Å²) in [5, 5.41) is 5.14. The van der Waals surface area contributed by atoms with Gasteiger partial charge in [0.05, 0.1) is 24.8 Å². The number of hydrogen-bond donors (Lipinski definition) is 0. The van der Waals surface area contributed by atoms with Crippen molar-refractivity contribution in [3.63, 3.8) is 0 Å². The van der Waals surface area contributed by atoms with E-state index in [1.165, 1.54) is 6.21 Å². The Morgan fingerprint density at radius 2 is 1.96 bits per heavy atom. The second kappa shape index (κ2) is 8.25. The van der Waals surface area contributed by atoms with Crippen molar-refractivity contribution in [2.75, 3.05) is 6.61 Å². The molecule has 2 rings (SSSR count). The number of esters is 1. The third-order valence-corrected chi connectivity index (χ3v) is 3.57. The first kappa shape index (κ1) is 19.8. The zero-order valence-corrected chi connectivity index (χ0v) is 15.9. The number of hydrazone groups is 1. The van der Waals surface area contributed by atoms with Gasteiger partial charge in [-0.25, -0.2) is 4.79 Å². The normalized spacial score (nSPS) is 16.6. The third-order valence-electron chi connectivity index (χ3n) is 3.24. The van der Waals surface area contributed by atoms with Gasteiger partial charge < -0.3 is 9.47 Å². The van der Waals surface area contributed by atoms with Gasteiger partial charge in [-0.1, -0.05) is 59.1 Å². The van der Waals surface area contributed by atoms with Crippen LogP contribution in [0.4, 0.5) is 4.79 Å². The largest absolute Gasteiger partial charge is 0.463 e. The average Bonchev–Trinajstić information content (AvgIpc) is 2.51. The molecule has 0 saturated carbocycles. The molecule has 25 heavy (non-hydrogen) atoms. The maximum Gasteiger partial charge on any atom is 0.431 e. The summed E-state index contributed by atoms with van der Waals surface area (Å²) in [6, 6.07) is 6.62. The van der Waals surface area contributed by atoms with Gasteiger partial charge >= 0.3 is 12.1 Å². The monoisotopic (exact) mass is 406 g/mol. The molecule has 9 heteroatoms. The van der Waals surface area contributed by atoms with Crippen molar-refractivity contribution in [1.29, 1.82) is 0 Å². The SMILES string of the molecule is CC(C)OC(=O)C[C@@H]1c2ccccc2C=NN1C(=O)OCC(Cl)(Cl)Cl. The lowest BCUT2D eigenvalue weighted by Gasteiger charge is -2.31. The molecule has 1 aliphatic heterocycles. The predicted octanol–water partition coefficient (Wildman–Crippen LogP) is 4.23. The Morgan fingerprint density at radius 1 is 1.28 bits per heavy atom.